The van der Waals surface area contributed by atoms with Crippen molar-refractivity contribution in [1.82, 2.24) is 0 Å². The van der Waals surface area contributed by atoms with Crippen molar-refractivity contribution in [2.24, 2.45) is 0 Å². The van der Waals surface area contributed by atoms with Crippen molar-refractivity contribution in [1.29, 1.82) is 0 Å². The SMILES string of the molecule is CCC1CCC(C)(C)c2cc(C3(C)OCCO3)ccc21. The number of ether oxygens (including phenoxy) is 2. The molecule has 1 aliphatic heterocycles. The maximum atomic E-state index is 5.82. The van der Waals surface area contributed by atoms with Gasteiger partial charge >= 0.3 is 0 Å². The van der Waals surface area contributed by atoms with Crippen LogP contribution in [-0.4, -0.2) is 13.2 Å². The Morgan fingerprint density at radius 2 is 1.85 bits per heavy atom. The predicted molar refractivity (Wildman–Crippen MR) is 81.0 cm³/mol. The molecule has 0 bridgehead atoms. The minimum atomic E-state index is -0.551. The first-order chi connectivity index (χ1) is 9.46. The van der Waals surface area contributed by atoms with Crippen LogP contribution in [0.2, 0.25) is 0 Å². The van der Waals surface area contributed by atoms with E-state index in [1.165, 1.54) is 36.0 Å². The third kappa shape index (κ3) is 2.19. The summed E-state index contributed by atoms with van der Waals surface area (Å²) in [6.07, 6.45) is 3.80. The van der Waals surface area contributed by atoms with Crippen molar-refractivity contribution >= 4 is 0 Å². The normalized spacial score (nSPS) is 27.3. The summed E-state index contributed by atoms with van der Waals surface area (Å²) >= 11 is 0. The third-order valence-corrected chi connectivity index (χ3v) is 5.20. The zero-order valence-electron chi connectivity index (χ0n) is 13.2. The molecule has 20 heavy (non-hydrogen) atoms. The van der Waals surface area contributed by atoms with Crippen LogP contribution in [0.1, 0.15) is 69.6 Å². The van der Waals surface area contributed by atoms with E-state index in [1.54, 1.807) is 0 Å². The predicted octanol–water partition coefficient (Wildman–Crippen LogP) is 4.47. The highest BCUT2D eigenvalue weighted by atomic mass is 16.7. The molecule has 0 amide bonds. The van der Waals surface area contributed by atoms with Crippen molar-refractivity contribution < 1.29 is 9.47 Å². The maximum absolute atomic E-state index is 5.82. The lowest BCUT2D eigenvalue weighted by Gasteiger charge is -2.38. The highest BCUT2D eigenvalue weighted by Gasteiger charge is 2.37. The van der Waals surface area contributed by atoms with Crippen LogP contribution in [0.5, 0.6) is 0 Å². The quantitative estimate of drug-likeness (QED) is 0.792. The van der Waals surface area contributed by atoms with Gasteiger partial charge in [0, 0.05) is 5.56 Å². The van der Waals surface area contributed by atoms with Crippen LogP contribution in [0.3, 0.4) is 0 Å². The summed E-state index contributed by atoms with van der Waals surface area (Å²) in [5, 5.41) is 0. The van der Waals surface area contributed by atoms with E-state index < -0.39 is 5.79 Å². The summed E-state index contributed by atoms with van der Waals surface area (Å²) in [5.41, 5.74) is 4.45. The van der Waals surface area contributed by atoms with E-state index in [0.29, 0.717) is 19.1 Å². The average molecular weight is 274 g/mol. The van der Waals surface area contributed by atoms with E-state index in [9.17, 15) is 0 Å². The van der Waals surface area contributed by atoms with E-state index in [2.05, 4.69) is 39.0 Å². The molecular weight excluding hydrogens is 248 g/mol. The van der Waals surface area contributed by atoms with Crippen LogP contribution in [0.25, 0.3) is 0 Å². The molecule has 110 valence electrons. The van der Waals surface area contributed by atoms with E-state index in [1.807, 2.05) is 6.92 Å². The number of fused-ring (bicyclic) bond motifs is 1. The first kappa shape index (κ1) is 14.1. The molecule has 1 aromatic rings. The Kier molecular flexibility index (Phi) is 3.42. The molecule has 3 rings (SSSR count). The summed E-state index contributed by atoms with van der Waals surface area (Å²) in [7, 11) is 0. The highest BCUT2D eigenvalue weighted by Crippen LogP contribution is 2.45. The minimum absolute atomic E-state index is 0.256. The molecule has 1 heterocycles. The van der Waals surface area contributed by atoms with Gasteiger partial charge in [-0.3, -0.25) is 0 Å². The van der Waals surface area contributed by atoms with Gasteiger partial charge in [0.05, 0.1) is 13.2 Å². The molecule has 1 aromatic carbocycles. The van der Waals surface area contributed by atoms with Crippen LogP contribution in [0.4, 0.5) is 0 Å². The van der Waals surface area contributed by atoms with E-state index in [0.717, 1.165) is 0 Å². The van der Waals surface area contributed by atoms with Crippen LogP contribution in [-0.2, 0) is 20.7 Å². The van der Waals surface area contributed by atoms with Gasteiger partial charge in [0.1, 0.15) is 0 Å². The van der Waals surface area contributed by atoms with Crippen molar-refractivity contribution in [2.45, 2.75) is 64.1 Å². The Bertz CT molecular complexity index is 498. The Morgan fingerprint density at radius 1 is 1.15 bits per heavy atom. The first-order valence-electron chi connectivity index (χ1n) is 7.89. The molecule has 1 saturated heterocycles. The smallest absolute Gasteiger partial charge is 0.192 e. The van der Waals surface area contributed by atoms with Gasteiger partial charge < -0.3 is 9.47 Å². The van der Waals surface area contributed by atoms with Gasteiger partial charge in [-0.05, 0) is 54.7 Å². The molecule has 2 aliphatic rings. The lowest BCUT2D eigenvalue weighted by Crippen LogP contribution is -2.29. The van der Waals surface area contributed by atoms with Gasteiger partial charge in [0.2, 0.25) is 0 Å². The number of hydrogen-bond donors (Lipinski definition) is 0. The largest absolute Gasteiger partial charge is 0.344 e. The van der Waals surface area contributed by atoms with Crippen LogP contribution >= 0.6 is 0 Å². The van der Waals surface area contributed by atoms with Gasteiger partial charge in [0.15, 0.2) is 5.79 Å². The molecule has 1 fully saturated rings. The third-order valence-electron chi connectivity index (χ3n) is 5.20. The first-order valence-corrected chi connectivity index (χ1v) is 7.89. The van der Waals surface area contributed by atoms with Crippen LogP contribution in [0.15, 0.2) is 18.2 Å². The molecule has 1 atom stereocenters. The fraction of sp³-hybridized carbons (Fsp3) is 0.667. The monoisotopic (exact) mass is 274 g/mol. The fourth-order valence-corrected chi connectivity index (χ4v) is 3.71. The Hall–Kier alpha value is -0.860. The number of rotatable bonds is 2. The molecule has 2 nitrogen and oxygen atoms in total. The second-order valence-electron chi connectivity index (χ2n) is 6.97. The fourth-order valence-electron chi connectivity index (χ4n) is 3.71. The molecule has 1 unspecified atom stereocenters. The topological polar surface area (TPSA) is 18.5 Å². The van der Waals surface area contributed by atoms with Crippen LogP contribution < -0.4 is 0 Å². The Morgan fingerprint density at radius 3 is 2.50 bits per heavy atom. The molecular formula is C18H26O2. The zero-order valence-corrected chi connectivity index (χ0v) is 13.2. The van der Waals surface area contributed by atoms with E-state index >= 15 is 0 Å². The van der Waals surface area contributed by atoms with E-state index in [-0.39, 0.29) is 5.41 Å². The van der Waals surface area contributed by atoms with Gasteiger partial charge in [-0.15, -0.1) is 0 Å². The molecule has 0 spiro atoms. The molecule has 1 aliphatic carbocycles. The second kappa shape index (κ2) is 4.85. The van der Waals surface area contributed by atoms with Crippen molar-refractivity contribution in [3.63, 3.8) is 0 Å². The minimum Gasteiger partial charge on any atom is -0.344 e. The average Bonchev–Trinajstić information content (AvgIpc) is 2.87. The summed E-state index contributed by atoms with van der Waals surface area (Å²) in [6, 6.07) is 6.85. The Balaban J connectivity index is 2.06. The van der Waals surface area contributed by atoms with Gasteiger partial charge in [-0.25, -0.2) is 0 Å². The summed E-state index contributed by atoms with van der Waals surface area (Å²) in [5.74, 6) is 0.162. The van der Waals surface area contributed by atoms with Crippen molar-refractivity contribution in [3.05, 3.63) is 34.9 Å². The van der Waals surface area contributed by atoms with Gasteiger partial charge in [-0.1, -0.05) is 32.9 Å². The molecule has 0 radical (unpaired) electrons. The Labute approximate surface area is 122 Å². The zero-order chi connectivity index (χ0) is 14.4. The second-order valence-corrected chi connectivity index (χ2v) is 6.97. The molecule has 0 aromatic heterocycles. The van der Waals surface area contributed by atoms with Gasteiger partial charge in [0.25, 0.3) is 0 Å². The number of benzene rings is 1. The molecule has 0 N–H and O–H groups in total. The molecule has 2 heteroatoms. The summed E-state index contributed by atoms with van der Waals surface area (Å²) in [6.45, 7) is 10.4. The summed E-state index contributed by atoms with van der Waals surface area (Å²) < 4.78 is 11.6. The summed E-state index contributed by atoms with van der Waals surface area (Å²) in [4.78, 5) is 0. The lowest BCUT2D eigenvalue weighted by molar-refractivity contribution is -0.149. The standard InChI is InChI=1S/C18H26O2/c1-5-13-8-9-17(2,3)16-12-14(6-7-15(13)16)18(4)19-10-11-20-18/h6-7,12-13H,5,8-11H2,1-4H3. The van der Waals surface area contributed by atoms with Crippen molar-refractivity contribution in [3.8, 4) is 0 Å². The molecule has 0 saturated carbocycles. The van der Waals surface area contributed by atoms with Crippen molar-refractivity contribution in [2.75, 3.05) is 13.2 Å². The van der Waals surface area contributed by atoms with Gasteiger partial charge in [-0.2, -0.15) is 0 Å². The van der Waals surface area contributed by atoms with E-state index in [4.69, 9.17) is 9.47 Å². The lowest BCUT2D eigenvalue weighted by atomic mass is 9.67. The van der Waals surface area contributed by atoms with Crippen LogP contribution in [0, 0.1) is 0 Å². The number of hydrogen-bond acceptors (Lipinski definition) is 2. The maximum Gasteiger partial charge on any atom is 0.192 e. The highest BCUT2D eigenvalue weighted by molar-refractivity contribution is 5.42.